The molecule has 1 heterocycles. The summed E-state index contributed by atoms with van der Waals surface area (Å²) in [5, 5.41) is 3.49. The summed E-state index contributed by atoms with van der Waals surface area (Å²) in [7, 11) is 0. The predicted molar refractivity (Wildman–Crippen MR) is 71.8 cm³/mol. The van der Waals surface area contributed by atoms with Crippen LogP contribution >= 0.6 is 0 Å². The summed E-state index contributed by atoms with van der Waals surface area (Å²) in [4.78, 5) is 2.68. The fraction of sp³-hybridized carbons (Fsp3) is 1.00. The number of nitrogens with one attached hydrogen (secondary N) is 1. The molecular weight excluding hydrogens is 196 g/mol. The van der Waals surface area contributed by atoms with Crippen LogP contribution in [0, 0.1) is 5.92 Å². The highest BCUT2D eigenvalue weighted by Crippen LogP contribution is 2.22. The van der Waals surface area contributed by atoms with Gasteiger partial charge in [0.25, 0.3) is 0 Å². The van der Waals surface area contributed by atoms with Crippen molar-refractivity contribution in [1.82, 2.24) is 10.2 Å². The van der Waals surface area contributed by atoms with Crippen LogP contribution in [0.4, 0.5) is 0 Å². The van der Waals surface area contributed by atoms with Crippen molar-refractivity contribution in [3.63, 3.8) is 0 Å². The van der Waals surface area contributed by atoms with Crippen LogP contribution < -0.4 is 5.32 Å². The van der Waals surface area contributed by atoms with Gasteiger partial charge in [0.2, 0.25) is 0 Å². The summed E-state index contributed by atoms with van der Waals surface area (Å²) in [5.74, 6) is 0.969. The molecule has 0 aromatic rings. The lowest BCUT2D eigenvalue weighted by molar-refractivity contribution is 0.233. The fourth-order valence-electron chi connectivity index (χ4n) is 2.57. The van der Waals surface area contributed by atoms with Gasteiger partial charge in [0.15, 0.2) is 0 Å². The van der Waals surface area contributed by atoms with E-state index in [0.717, 1.165) is 12.0 Å². The third-order valence-corrected chi connectivity index (χ3v) is 3.87. The fourth-order valence-corrected chi connectivity index (χ4v) is 2.57. The SMILES string of the molecule is CCC1CCN(C(C)CCCNC(C)C)C1. The minimum absolute atomic E-state index is 0.631. The van der Waals surface area contributed by atoms with E-state index < -0.39 is 0 Å². The number of nitrogens with zero attached hydrogens (tertiary/aromatic N) is 1. The third kappa shape index (κ3) is 4.84. The van der Waals surface area contributed by atoms with Crippen molar-refractivity contribution in [3.05, 3.63) is 0 Å². The first-order valence-corrected chi connectivity index (χ1v) is 7.11. The zero-order valence-corrected chi connectivity index (χ0v) is 11.6. The molecule has 2 unspecified atom stereocenters. The predicted octanol–water partition coefficient (Wildman–Crippen LogP) is 2.89. The zero-order chi connectivity index (χ0) is 12.0. The Balaban J connectivity index is 2.08. The zero-order valence-electron chi connectivity index (χ0n) is 11.6. The molecule has 96 valence electrons. The van der Waals surface area contributed by atoms with Gasteiger partial charge in [-0.15, -0.1) is 0 Å². The standard InChI is InChI=1S/C14H30N2/c1-5-14-8-10-16(11-14)13(4)7-6-9-15-12(2)3/h12-15H,5-11H2,1-4H3. The number of likely N-dealkylation sites (tertiary alicyclic amines) is 1. The van der Waals surface area contributed by atoms with Crippen LogP contribution in [-0.4, -0.2) is 36.6 Å². The van der Waals surface area contributed by atoms with Crippen molar-refractivity contribution in [2.24, 2.45) is 5.92 Å². The first-order valence-electron chi connectivity index (χ1n) is 7.11. The number of rotatable bonds is 7. The second kappa shape index (κ2) is 7.29. The summed E-state index contributed by atoms with van der Waals surface area (Å²) in [6.45, 7) is 13.0. The Labute approximate surface area is 102 Å². The molecule has 0 spiro atoms. The topological polar surface area (TPSA) is 15.3 Å². The normalized spacial score (nSPS) is 24.2. The average molecular weight is 226 g/mol. The molecule has 2 nitrogen and oxygen atoms in total. The van der Waals surface area contributed by atoms with Crippen molar-refractivity contribution in [3.8, 4) is 0 Å². The Morgan fingerprint density at radius 1 is 1.31 bits per heavy atom. The van der Waals surface area contributed by atoms with E-state index in [1.807, 2.05) is 0 Å². The Morgan fingerprint density at radius 2 is 2.06 bits per heavy atom. The summed E-state index contributed by atoms with van der Waals surface area (Å²) >= 11 is 0. The van der Waals surface area contributed by atoms with Crippen molar-refractivity contribution in [2.75, 3.05) is 19.6 Å². The van der Waals surface area contributed by atoms with Gasteiger partial charge in [-0.2, -0.15) is 0 Å². The first-order chi connectivity index (χ1) is 7.63. The van der Waals surface area contributed by atoms with E-state index >= 15 is 0 Å². The van der Waals surface area contributed by atoms with Gasteiger partial charge in [0, 0.05) is 18.6 Å². The van der Waals surface area contributed by atoms with Crippen molar-refractivity contribution in [1.29, 1.82) is 0 Å². The molecule has 0 radical (unpaired) electrons. The molecule has 2 heteroatoms. The molecule has 1 N–H and O–H groups in total. The molecule has 1 saturated heterocycles. The highest BCUT2D eigenvalue weighted by molar-refractivity contribution is 4.78. The lowest BCUT2D eigenvalue weighted by Crippen LogP contribution is -2.32. The van der Waals surface area contributed by atoms with Crippen molar-refractivity contribution < 1.29 is 0 Å². The van der Waals surface area contributed by atoms with Gasteiger partial charge in [-0.25, -0.2) is 0 Å². The van der Waals surface area contributed by atoms with E-state index in [-0.39, 0.29) is 0 Å². The van der Waals surface area contributed by atoms with E-state index in [9.17, 15) is 0 Å². The maximum atomic E-state index is 3.49. The smallest absolute Gasteiger partial charge is 0.00675 e. The van der Waals surface area contributed by atoms with Gasteiger partial charge in [-0.3, -0.25) is 0 Å². The molecule has 0 aromatic heterocycles. The third-order valence-electron chi connectivity index (χ3n) is 3.87. The second-order valence-electron chi connectivity index (χ2n) is 5.66. The molecule has 0 aromatic carbocycles. The van der Waals surface area contributed by atoms with Gasteiger partial charge in [-0.05, 0) is 45.2 Å². The molecule has 0 aliphatic carbocycles. The molecule has 1 rings (SSSR count). The molecule has 1 fully saturated rings. The van der Waals surface area contributed by atoms with Crippen LogP contribution in [0.2, 0.25) is 0 Å². The Bertz CT molecular complexity index is 180. The summed E-state index contributed by atoms with van der Waals surface area (Å²) in [6, 6.07) is 1.41. The van der Waals surface area contributed by atoms with Gasteiger partial charge < -0.3 is 10.2 Å². The number of hydrogen-bond acceptors (Lipinski definition) is 2. The minimum atomic E-state index is 0.631. The van der Waals surface area contributed by atoms with E-state index in [4.69, 9.17) is 0 Å². The van der Waals surface area contributed by atoms with Gasteiger partial charge in [0.05, 0.1) is 0 Å². The molecule has 1 aliphatic rings. The molecule has 16 heavy (non-hydrogen) atoms. The lowest BCUT2D eigenvalue weighted by atomic mass is 10.1. The molecule has 0 saturated carbocycles. The van der Waals surface area contributed by atoms with Gasteiger partial charge in [-0.1, -0.05) is 27.2 Å². The maximum absolute atomic E-state index is 3.49. The van der Waals surface area contributed by atoms with Crippen LogP contribution in [-0.2, 0) is 0 Å². The van der Waals surface area contributed by atoms with Gasteiger partial charge in [0.1, 0.15) is 0 Å². The summed E-state index contributed by atoms with van der Waals surface area (Å²) in [6.07, 6.45) is 5.44. The van der Waals surface area contributed by atoms with E-state index in [2.05, 4.69) is 37.9 Å². The quantitative estimate of drug-likeness (QED) is 0.672. The van der Waals surface area contributed by atoms with E-state index in [1.165, 1.54) is 45.3 Å². The summed E-state index contributed by atoms with van der Waals surface area (Å²) in [5.41, 5.74) is 0. The Kier molecular flexibility index (Phi) is 6.37. The number of hydrogen-bond donors (Lipinski definition) is 1. The lowest BCUT2D eigenvalue weighted by Gasteiger charge is -2.24. The molecule has 0 bridgehead atoms. The van der Waals surface area contributed by atoms with Crippen LogP contribution in [0.1, 0.15) is 53.4 Å². The Morgan fingerprint density at radius 3 is 2.62 bits per heavy atom. The van der Waals surface area contributed by atoms with Crippen molar-refractivity contribution >= 4 is 0 Å². The second-order valence-corrected chi connectivity index (χ2v) is 5.66. The molecule has 2 atom stereocenters. The molecule has 0 amide bonds. The minimum Gasteiger partial charge on any atom is -0.315 e. The van der Waals surface area contributed by atoms with E-state index in [1.54, 1.807) is 0 Å². The van der Waals surface area contributed by atoms with Crippen LogP contribution in [0.15, 0.2) is 0 Å². The van der Waals surface area contributed by atoms with Crippen LogP contribution in [0.25, 0.3) is 0 Å². The average Bonchev–Trinajstić information content (AvgIpc) is 2.72. The van der Waals surface area contributed by atoms with Gasteiger partial charge >= 0.3 is 0 Å². The van der Waals surface area contributed by atoms with E-state index in [0.29, 0.717) is 6.04 Å². The maximum Gasteiger partial charge on any atom is 0.00675 e. The van der Waals surface area contributed by atoms with Crippen molar-refractivity contribution in [2.45, 2.75) is 65.5 Å². The van der Waals surface area contributed by atoms with Crippen LogP contribution in [0.5, 0.6) is 0 Å². The molecule has 1 aliphatic heterocycles. The monoisotopic (exact) mass is 226 g/mol. The Hall–Kier alpha value is -0.0800. The molecular formula is C14H30N2. The highest BCUT2D eigenvalue weighted by Gasteiger charge is 2.24. The largest absolute Gasteiger partial charge is 0.315 e. The first kappa shape index (κ1) is 14.0. The highest BCUT2D eigenvalue weighted by atomic mass is 15.2. The summed E-state index contributed by atoms with van der Waals surface area (Å²) < 4.78 is 0. The van der Waals surface area contributed by atoms with Crippen LogP contribution in [0.3, 0.4) is 0 Å².